The third kappa shape index (κ3) is 10.7. The molecule has 0 aliphatic heterocycles. The van der Waals surface area contributed by atoms with Gasteiger partial charge in [-0.1, -0.05) is 102 Å². The van der Waals surface area contributed by atoms with Crippen molar-refractivity contribution in [2.45, 2.75) is 97.8 Å². The molecule has 0 N–H and O–H groups in total. The topological polar surface area (TPSA) is 36.3 Å². The van der Waals surface area contributed by atoms with Crippen LogP contribution in [-0.4, -0.2) is 23.0 Å². The molecule has 0 aliphatic rings. The summed E-state index contributed by atoms with van der Waals surface area (Å²) >= 11 is 0. The van der Waals surface area contributed by atoms with Crippen molar-refractivity contribution in [3.63, 3.8) is 0 Å². The van der Waals surface area contributed by atoms with Crippen LogP contribution >= 0.6 is 0 Å². The summed E-state index contributed by atoms with van der Waals surface area (Å²) in [6.45, 7) is 8.22. The minimum absolute atomic E-state index is 0.761. The van der Waals surface area contributed by atoms with Crippen molar-refractivity contribution in [2.24, 2.45) is 0 Å². The summed E-state index contributed by atoms with van der Waals surface area (Å²) in [4.78, 5) is 0. The number of hydrogen-bond donors (Lipinski definition) is 0. The van der Waals surface area contributed by atoms with Gasteiger partial charge in [-0.3, -0.25) is 0 Å². The zero-order valence-electron chi connectivity index (χ0n) is 27.3. The van der Waals surface area contributed by atoms with E-state index < -0.39 is 0 Å². The predicted molar refractivity (Wildman–Crippen MR) is 187 cm³/mol. The highest BCUT2D eigenvalue weighted by atomic mass is 16.5. The molecule has 44 heavy (non-hydrogen) atoms. The van der Waals surface area contributed by atoms with E-state index in [0.717, 1.165) is 72.2 Å². The Labute approximate surface area is 266 Å². The van der Waals surface area contributed by atoms with E-state index in [0.29, 0.717) is 0 Å². The zero-order valence-corrected chi connectivity index (χ0v) is 27.3. The van der Waals surface area contributed by atoms with Crippen molar-refractivity contribution in [3.8, 4) is 28.4 Å². The van der Waals surface area contributed by atoms with Gasteiger partial charge in [0.05, 0.1) is 30.3 Å². The maximum atomic E-state index is 5.97. The van der Waals surface area contributed by atoms with E-state index in [2.05, 4.69) is 104 Å². The summed E-state index contributed by atoms with van der Waals surface area (Å²) in [5.74, 6) is 1.84. The molecule has 1 aromatic heterocycles. The van der Waals surface area contributed by atoms with Gasteiger partial charge in [-0.05, 0) is 97.5 Å². The fourth-order valence-electron chi connectivity index (χ4n) is 5.28. The van der Waals surface area contributed by atoms with Gasteiger partial charge in [0.2, 0.25) is 0 Å². The monoisotopic (exact) mass is 592 g/mol. The average molecular weight is 593 g/mol. The van der Waals surface area contributed by atoms with Gasteiger partial charge < -0.3 is 9.47 Å². The lowest BCUT2D eigenvalue weighted by Gasteiger charge is -2.10. The van der Waals surface area contributed by atoms with Gasteiger partial charge in [0.15, 0.2) is 0 Å². The molecule has 0 saturated heterocycles. The van der Waals surface area contributed by atoms with Gasteiger partial charge in [0.25, 0.3) is 0 Å². The molecule has 3 aromatic carbocycles. The smallest absolute Gasteiger partial charge is 0.119 e. The first kappa shape index (κ1) is 33.1. The van der Waals surface area contributed by atoms with Gasteiger partial charge in [0.1, 0.15) is 11.5 Å². The molecule has 4 heteroatoms. The molecule has 0 fully saturated rings. The van der Waals surface area contributed by atoms with Crippen molar-refractivity contribution in [3.05, 3.63) is 95.7 Å². The molecule has 0 spiro atoms. The normalized spacial score (nSPS) is 11.3. The largest absolute Gasteiger partial charge is 0.494 e. The highest BCUT2D eigenvalue weighted by molar-refractivity contribution is 5.72. The maximum Gasteiger partial charge on any atom is 0.119 e. The Balaban J connectivity index is 1.50. The van der Waals surface area contributed by atoms with Gasteiger partial charge in [0, 0.05) is 5.56 Å². The van der Waals surface area contributed by atoms with Crippen LogP contribution in [0.3, 0.4) is 0 Å². The summed E-state index contributed by atoms with van der Waals surface area (Å²) in [5.41, 5.74) is 6.67. The maximum absolute atomic E-state index is 5.97. The molecule has 4 aromatic rings. The number of aryl methyl sites for hydroxylation is 1. The van der Waals surface area contributed by atoms with Crippen LogP contribution in [0.25, 0.3) is 29.1 Å². The van der Waals surface area contributed by atoms with Crippen molar-refractivity contribution in [1.29, 1.82) is 0 Å². The summed E-state index contributed by atoms with van der Waals surface area (Å²) in [6, 6.07) is 27.8. The number of unbranched alkanes of at least 4 members (excludes halogenated alkanes) is 8. The summed E-state index contributed by atoms with van der Waals surface area (Å²) in [7, 11) is 0. The Morgan fingerprint density at radius 3 is 1.77 bits per heavy atom. The van der Waals surface area contributed by atoms with Gasteiger partial charge in [-0.2, -0.15) is 5.10 Å². The second-order valence-corrected chi connectivity index (χ2v) is 11.7. The SMILES string of the molecule is CCCCCCCc1ccc(-n2nc(C=Cc3ccc(OCCCCC)cc3)cc2-c2ccc(OCCCCC)cc2)cc1. The van der Waals surface area contributed by atoms with E-state index in [4.69, 9.17) is 14.6 Å². The first-order chi connectivity index (χ1) is 21.7. The summed E-state index contributed by atoms with van der Waals surface area (Å²) < 4.78 is 13.9. The van der Waals surface area contributed by atoms with E-state index in [1.807, 2.05) is 12.1 Å². The van der Waals surface area contributed by atoms with E-state index in [1.54, 1.807) is 0 Å². The number of benzene rings is 3. The highest BCUT2D eigenvalue weighted by Gasteiger charge is 2.12. The molecule has 0 saturated carbocycles. The second kappa shape index (κ2) is 18.8. The molecule has 0 bridgehead atoms. The first-order valence-electron chi connectivity index (χ1n) is 17.0. The summed E-state index contributed by atoms with van der Waals surface area (Å²) in [6.07, 6.45) is 18.8. The van der Waals surface area contributed by atoms with Gasteiger partial charge in [-0.15, -0.1) is 0 Å². The van der Waals surface area contributed by atoms with Crippen LogP contribution in [0.15, 0.2) is 78.9 Å². The molecule has 4 nitrogen and oxygen atoms in total. The highest BCUT2D eigenvalue weighted by Crippen LogP contribution is 2.28. The molecule has 0 unspecified atom stereocenters. The van der Waals surface area contributed by atoms with E-state index in [9.17, 15) is 0 Å². The molecule has 1 heterocycles. The minimum atomic E-state index is 0.761. The number of ether oxygens (including phenoxy) is 2. The molecule has 234 valence electrons. The average Bonchev–Trinajstić information content (AvgIpc) is 3.49. The zero-order chi connectivity index (χ0) is 30.8. The van der Waals surface area contributed by atoms with Crippen molar-refractivity contribution < 1.29 is 9.47 Å². The minimum Gasteiger partial charge on any atom is -0.494 e. The van der Waals surface area contributed by atoms with Crippen LogP contribution in [0.2, 0.25) is 0 Å². The number of aromatic nitrogens is 2. The molecular weight excluding hydrogens is 540 g/mol. The van der Waals surface area contributed by atoms with Crippen molar-refractivity contribution in [1.82, 2.24) is 9.78 Å². The van der Waals surface area contributed by atoms with Gasteiger partial charge in [-0.25, -0.2) is 4.68 Å². The molecule has 0 amide bonds. The number of hydrogen-bond acceptors (Lipinski definition) is 3. The van der Waals surface area contributed by atoms with E-state index in [-0.39, 0.29) is 0 Å². The van der Waals surface area contributed by atoms with Crippen LogP contribution in [-0.2, 0) is 6.42 Å². The van der Waals surface area contributed by atoms with E-state index in [1.165, 1.54) is 63.4 Å². The number of nitrogens with zero attached hydrogens (tertiary/aromatic N) is 2. The van der Waals surface area contributed by atoms with Crippen LogP contribution in [0.4, 0.5) is 0 Å². The quantitative estimate of drug-likeness (QED) is 0.0958. The first-order valence-corrected chi connectivity index (χ1v) is 17.0. The van der Waals surface area contributed by atoms with Crippen molar-refractivity contribution >= 4 is 12.2 Å². The van der Waals surface area contributed by atoms with E-state index >= 15 is 0 Å². The predicted octanol–water partition coefficient (Wildman–Crippen LogP) is 11.4. The fraction of sp³-hybridized carbons (Fsp3) is 0.425. The van der Waals surface area contributed by atoms with Crippen LogP contribution in [0, 0.1) is 0 Å². The van der Waals surface area contributed by atoms with Crippen LogP contribution < -0.4 is 9.47 Å². The Bertz CT molecular complexity index is 1370. The molecule has 0 atom stereocenters. The molecular formula is C40H52N2O2. The van der Waals surface area contributed by atoms with Crippen molar-refractivity contribution in [2.75, 3.05) is 13.2 Å². The third-order valence-electron chi connectivity index (χ3n) is 7.99. The lowest BCUT2D eigenvalue weighted by atomic mass is 10.1. The molecule has 4 rings (SSSR count). The molecule has 0 radical (unpaired) electrons. The summed E-state index contributed by atoms with van der Waals surface area (Å²) in [5, 5.41) is 5.04. The second-order valence-electron chi connectivity index (χ2n) is 11.7. The Hall–Kier alpha value is -3.79. The molecule has 0 aliphatic carbocycles. The third-order valence-corrected chi connectivity index (χ3v) is 7.99. The Kier molecular flexibility index (Phi) is 14.1. The fourth-order valence-corrected chi connectivity index (χ4v) is 5.28. The van der Waals surface area contributed by atoms with Gasteiger partial charge >= 0.3 is 0 Å². The standard InChI is InChI=1S/C40H52N2O2/c1-4-7-10-11-12-15-33-17-24-37(25-18-33)42-40(35-21-28-39(29-22-35)44-31-14-9-6-3)32-36(41-42)23-16-34-19-26-38(27-20-34)43-30-13-8-5-2/h16-29,32H,4-15,30-31H2,1-3H3. The lowest BCUT2D eigenvalue weighted by molar-refractivity contribution is 0.306. The number of rotatable bonds is 20. The Morgan fingerprint density at radius 1 is 0.591 bits per heavy atom. The Morgan fingerprint density at radius 2 is 1.16 bits per heavy atom. The lowest BCUT2D eigenvalue weighted by Crippen LogP contribution is -2.00. The van der Waals surface area contributed by atoms with Crippen LogP contribution in [0.5, 0.6) is 11.5 Å². The van der Waals surface area contributed by atoms with Crippen LogP contribution in [0.1, 0.15) is 108 Å².